The Labute approximate surface area is 117 Å². The van der Waals surface area contributed by atoms with Crippen molar-refractivity contribution in [1.29, 1.82) is 5.26 Å². The molecule has 2 aromatic rings. The van der Waals surface area contributed by atoms with Crippen LogP contribution in [0.1, 0.15) is 5.69 Å². The van der Waals surface area contributed by atoms with Crippen molar-refractivity contribution >= 4 is 0 Å². The maximum absolute atomic E-state index is 12.2. The highest BCUT2D eigenvalue weighted by atomic mass is 19.4. The number of hydrogen-bond donors (Lipinski definition) is 1. The van der Waals surface area contributed by atoms with Crippen molar-refractivity contribution in [3.63, 3.8) is 0 Å². The molecule has 0 aliphatic rings. The summed E-state index contributed by atoms with van der Waals surface area (Å²) in [5.41, 5.74) is 0.850. The Morgan fingerprint density at radius 2 is 2.00 bits per heavy atom. The molecule has 0 atom stereocenters. The van der Waals surface area contributed by atoms with Gasteiger partial charge in [-0.2, -0.15) is 5.26 Å². The van der Waals surface area contributed by atoms with Gasteiger partial charge in [-0.3, -0.25) is 4.79 Å². The van der Waals surface area contributed by atoms with E-state index in [4.69, 9.17) is 5.26 Å². The summed E-state index contributed by atoms with van der Waals surface area (Å²) in [6, 6.07) is 9.93. The first kappa shape index (κ1) is 14.7. The molecule has 0 saturated carbocycles. The second-order valence-corrected chi connectivity index (χ2v) is 4.13. The number of pyridine rings is 1. The number of rotatable bonds is 3. The van der Waals surface area contributed by atoms with Gasteiger partial charge in [0.25, 0.3) is 0 Å². The van der Waals surface area contributed by atoms with Crippen LogP contribution in [0.3, 0.4) is 0 Å². The van der Waals surface area contributed by atoms with Crippen LogP contribution >= 0.6 is 0 Å². The zero-order valence-corrected chi connectivity index (χ0v) is 10.6. The van der Waals surface area contributed by atoms with Gasteiger partial charge in [-0.1, -0.05) is 12.1 Å². The molecule has 0 unspecified atom stereocenters. The fraction of sp³-hybridized carbons (Fsp3) is 0.143. The van der Waals surface area contributed by atoms with E-state index in [1.165, 1.54) is 30.3 Å². The van der Waals surface area contributed by atoms with E-state index < -0.39 is 6.36 Å². The first-order chi connectivity index (χ1) is 9.89. The number of hydrogen-bond acceptors (Lipinski definition) is 3. The zero-order chi connectivity index (χ0) is 15.5. The summed E-state index contributed by atoms with van der Waals surface area (Å²) in [4.78, 5) is 13.8. The fourth-order valence-electron chi connectivity index (χ4n) is 1.87. The van der Waals surface area contributed by atoms with E-state index in [2.05, 4.69) is 9.72 Å². The van der Waals surface area contributed by atoms with Gasteiger partial charge in [0.2, 0.25) is 5.56 Å². The highest BCUT2D eigenvalue weighted by Gasteiger charge is 2.31. The summed E-state index contributed by atoms with van der Waals surface area (Å²) in [7, 11) is 0. The van der Waals surface area contributed by atoms with Gasteiger partial charge in [0.05, 0.1) is 12.5 Å². The quantitative estimate of drug-likeness (QED) is 0.946. The van der Waals surface area contributed by atoms with Crippen LogP contribution in [0.25, 0.3) is 11.1 Å². The molecule has 0 aliphatic carbocycles. The summed E-state index contributed by atoms with van der Waals surface area (Å²) < 4.78 is 40.5. The maximum atomic E-state index is 12.2. The predicted molar refractivity (Wildman–Crippen MR) is 68.5 cm³/mol. The average molecular weight is 294 g/mol. The molecule has 4 nitrogen and oxygen atoms in total. The number of ether oxygens (including phenoxy) is 1. The van der Waals surface area contributed by atoms with Gasteiger partial charge in [0.15, 0.2) is 0 Å². The van der Waals surface area contributed by atoms with Crippen molar-refractivity contribution < 1.29 is 17.9 Å². The van der Waals surface area contributed by atoms with Crippen molar-refractivity contribution in [2.45, 2.75) is 12.8 Å². The third-order valence-electron chi connectivity index (χ3n) is 2.64. The predicted octanol–water partition coefficient (Wildman–Crippen LogP) is 3.01. The number of nitrogens with zero attached hydrogens (tertiary/aromatic N) is 1. The molecule has 2 rings (SSSR count). The topological polar surface area (TPSA) is 65.9 Å². The molecule has 0 fully saturated rings. The van der Waals surface area contributed by atoms with Crippen LogP contribution in [0, 0.1) is 11.3 Å². The number of benzene rings is 1. The van der Waals surface area contributed by atoms with Gasteiger partial charge in [-0.05, 0) is 23.8 Å². The fourth-order valence-corrected chi connectivity index (χ4v) is 1.87. The second kappa shape index (κ2) is 5.71. The number of H-pyrrole nitrogens is 1. The Morgan fingerprint density at radius 1 is 1.24 bits per heavy atom. The molecule has 0 amide bonds. The van der Waals surface area contributed by atoms with Gasteiger partial charge >= 0.3 is 6.36 Å². The minimum absolute atomic E-state index is 0.0598. The number of aromatic amines is 1. The molecular formula is C14H9F3N2O2. The van der Waals surface area contributed by atoms with Crippen LogP contribution in [0.5, 0.6) is 5.75 Å². The summed E-state index contributed by atoms with van der Waals surface area (Å²) in [6.45, 7) is 0. The van der Waals surface area contributed by atoms with Crippen LogP contribution < -0.4 is 10.3 Å². The lowest BCUT2D eigenvalue weighted by molar-refractivity contribution is -0.274. The Morgan fingerprint density at radius 3 is 2.67 bits per heavy atom. The summed E-state index contributed by atoms with van der Waals surface area (Å²) >= 11 is 0. The van der Waals surface area contributed by atoms with Crippen molar-refractivity contribution in [2.24, 2.45) is 0 Å². The molecule has 0 spiro atoms. The van der Waals surface area contributed by atoms with E-state index >= 15 is 0 Å². The molecule has 0 radical (unpaired) electrons. The van der Waals surface area contributed by atoms with Crippen molar-refractivity contribution in [3.8, 4) is 22.9 Å². The van der Waals surface area contributed by atoms with E-state index in [1.54, 1.807) is 6.07 Å². The summed E-state index contributed by atoms with van der Waals surface area (Å²) in [6.07, 6.45) is -4.84. The molecule has 21 heavy (non-hydrogen) atoms. The number of alkyl halides is 3. The Kier molecular flexibility index (Phi) is 3.98. The SMILES string of the molecule is N#CCc1[nH]c(=O)ccc1-c1cccc(OC(F)(F)F)c1. The molecule has 0 bridgehead atoms. The molecule has 1 aromatic carbocycles. The number of nitrogens with one attached hydrogen (secondary N) is 1. The molecule has 0 aliphatic heterocycles. The Hall–Kier alpha value is -2.75. The van der Waals surface area contributed by atoms with Crippen LogP contribution in [0.15, 0.2) is 41.2 Å². The lowest BCUT2D eigenvalue weighted by Crippen LogP contribution is -2.17. The van der Waals surface area contributed by atoms with Gasteiger partial charge < -0.3 is 9.72 Å². The smallest absolute Gasteiger partial charge is 0.406 e. The van der Waals surface area contributed by atoms with Gasteiger partial charge in [-0.15, -0.1) is 13.2 Å². The second-order valence-electron chi connectivity index (χ2n) is 4.13. The Balaban J connectivity index is 2.45. The monoisotopic (exact) mass is 294 g/mol. The zero-order valence-electron chi connectivity index (χ0n) is 10.6. The normalized spacial score (nSPS) is 11.0. The Bertz CT molecular complexity index is 745. The standard InChI is InChI=1S/C14H9F3N2O2/c15-14(16,17)21-10-3-1-2-9(8-10)11-4-5-13(20)19-12(11)6-7-18/h1-5,8H,6H2,(H,19,20). The van der Waals surface area contributed by atoms with Crippen LogP contribution in [-0.2, 0) is 6.42 Å². The molecular weight excluding hydrogens is 285 g/mol. The number of aromatic nitrogens is 1. The van der Waals surface area contributed by atoms with E-state index in [0.717, 1.165) is 0 Å². The van der Waals surface area contributed by atoms with Crippen LogP contribution in [-0.4, -0.2) is 11.3 Å². The highest BCUT2D eigenvalue weighted by molar-refractivity contribution is 5.67. The molecule has 108 valence electrons. The highest BCUT2D eigenvalue weighted by Crippen LogP contribution is 2.28. The molecule has 1 aromatic heterocycles. The molecule has 7 heteroatoms. The lowest BCUT2D eigenvalue weighted by Gasteiger charge is -2.11. The summed E-state index contributed by atoms with van der Waals surface area (Å²) in [5, 5.41) is 8.74. The van der Waals surface area contributed by atoms with Crippen LogP contribution in [0.4, 0.5) is 13.2 Å². The van der Waals surface area contributed by atoms with E-state index in [-0.39, 0.29) is 17.7 Å². The largest absolute Gasteiger partial charge is 0.573 e. The van der Waals surface area contributed by atoms with Crippen molar-refractivity contribution in [2.75, 3.05) is 0 Å². The third kappa shape index (κ3) is 3.86. The first-order valence-corrected chi connectivity index (χ1v) is 5.84. The summed E-state index contributed by atoms with van der Waals surface area (Å²) in [5.74, 6) is -0.367. The molecule has 0 saturated heterocycles. The number of nitriles is 1. The minimum atomic E-state index is -4.78. The van der Waals surface area contributed by atoms with Crippen molar-refractivity contribution in [3.05, 3.63) is 52.4 Å². The molecule has 1 heterocycles. The van der Waals surface area contributed by atoms with Crippen molar-refractivity contribution in [1.82, 2.24) is 4.98 Å². The van der Waals surface area contributed by atoms with Crippen LogP contribution in [0.2, 0.25) is 0 Å². The van der Waals surface area contributed by atoms with Gasteiger partial charge in [0, 0.05) is 17.3 Å². The lowest BCUT2D eigenvalue weighted by atomic mass is 10.0. The third-order valence-corrected chi connectivity index (χ3v) is 2.64. The minimum Gasteiger partial charge on any atom is -0.406 e. The maximum Gasteiger partial charge on any atom is 0.573 e. The van der Waals surface area contributed by atoms with E-state index in [0.29, 0.717) is 16.8 Å². The first-order valence-electron chi connectivity index (χ1n) is 5.84. The number of halogens is 3. The van der Waals surface area contributed by atoms with Gasteiger partial charge in [0.1, 0.15) is 5.75 Å². The van der Waals surface area contributed by atoms with E-state index in [9.17, 15) is 18.0 Å². The molecule has 1 N–H and O–H groups in total. The van der Waals surface area contributed by atoms with E-state index in [1.807, 2.05) is 6.07 Å². The average Bonchev–Trinajstić information content (AvgIpc) is 2.37. The van der Waals surface area contributed by atoms with Gasteiger partial charge in [-0.25, -0.2) is 0 Å².